The third-order valence-corrected chi connectivity index (χ3v) is 2.37. The molecule has 0 aliphatic heterocycles. The first kappa shape index (κ1) is 12.1. The molecule has 1 aromatic heterocycles. The van der Waals surface area contributed by atoms with Gasteiger partial charge in [-0.1, -0.05) is 20.3 Å². The van der Waals surface area contributed by atoms with E-state index in [-0.39, 0.29) is 0 Å². The van der Waals surface area contributed by atoms with Gasteiger partial charge in [-0.15, -0.1) is 0 Å². The third kappa shape index (κ3) is 3.96. The minimum Gasteiger partial charge on any atom is -0.309 e. The summed E-state index contributed by atoms with van der Waals surface area (Å²) in [5, 5.41) is 3.52. The van der Waals surface area contributed by atoms with E-state index < -0.39 is 0 Å². The third-order valence-electron chi connectivity index (χ3n) is 2.37. The summed E-state index contributed by atoms with van der Waals surface area (Å²) in [7, 11) is 0. The molecule has 15 heavy (non-hydrogen) atoms. The van der Waals surface area contributed by atoms with Crippen LogP contribution in [0.5, 0.6) is 0 Å². The smallest absolute Gasteiger partial charge is 0.125 e. The molecule has 1 N–H and O–H groups in total. The van der Waals surface area contributed by atoms with E-state index in [1.54, 1.807) is 0 Å². The average molecular weight is 207 g/mol. The lowest BCUT2D eigenvalue weighted by Gasteiger charge is -2.17. The van der Waals surface area contributed by atoms with Gasteiger partial charge >= 0.3 is 0 Å². The number of aryl methyl sites for hydroxylation is 1. The Hall–Kier alpha value is -0.960. The first-order chi connectivity index (χ1) is 7.27. The summed E-state index contributed by atoms with van der Waals surface area (Å²) in [6.45, 7) is 7.37. The topological polar surface area (TPSA) is 37.8 Å². The number of rotatable bonds is 6. The maximum Gasteiger partial charge on any atom is 0.125 e. The van der Waals surface area contributed by atoms with Gasteiger partial charge in [0.1, 0.15) is 5.82 Å². The highest BCUT2D eigenvalue weighted by Crippen LogP contribution is 2.15. The molecule has 0 spiro atoms. The first-order valence-electron chi connectivity index (χ1n) is 5.80. The molecule has 0 bridgehead atoms. The number of aromatic nitrogens is 2. The Bertz CT molecular complexity index is 286. The van der Waals surface area contributed by atoms with Crippen molar-refractivity contribution in [3.8, 4) is 0 Å². The number of nitrogens with zero attached hydrogens (tertiary/aromatic N) is 2. The fourth-order valence-electron chi connectivity index (χ4n) is 1.63. The lowest BCUT2D eigenvalue weighted by atomic mass is 10.1. The van der Waals surface area contributed by atoms with Crippen LogP contribution in [0, 0.1) is 6.92 Å². The number of hydrogen-bond acceptors (Lipinski definition) is 3. The highest BCUT2D eigenvalue weighted by Gasteiger charge is 2.10. The zero-order valence-corrected chi connectivity index (χ0v) is 9.95. The monoisotopic (exact) mass is 207 g/mol. The lowest BCUT2D eigenvalue weighted by molar-refractivity contribution is 0.482. The van der Waals surface area contributed by atoms with Crippen LogP contribution in [-0.4, -0.2) is 16.5 Å². The molecule has 1 aromatic rings. The van der Waals surface area contributed by atoms with Crippen molar-refractivity contribution in [1.82, 2.24) is 15.3 Å². The molecule has 3 nitrogen and oxygen atoms in total. The van der Waals surface area contributed by atoms with Crippen molar-refractivity contribution in [3.63, 3.8) is 0 Å². The molecule has 3 heteroatoms. The van der Waals surface area contributed by atoms with Crippen LogP contribution in [0.4, 0.5) is 0 Å². The van der Waals surface area contributed by atoms with Gasteiger partial charge in [-0.2, -0.15) is 0 Å². The van der Waals surface area contributed by atoms with Crippen molar-refractivity contribution in [2.24, 2.45) is 0 Å². The summed E-state index contributed by atoms with van der Waals surface area (Å²) in [5.74, 6) is 0.854. The van der Waals surface area contributed by atoms with E-state index in [9.17, 15) is 0 Å². The Morgan fingerprint density at radius 2 is 2.13 bits per heavy atom. The minimum absolute atomic E-state index is 0.386. The molecule has 0 amide bonds. The Morgan fingerprint density at radius 1 is 1.33 bits per heavy atom. The molecule has 1 unspecified atom stereocenters. The van der Waals surface area contributed by atoms with Gasteiger partial charge in [0.05, 0.1) is 5.69 Å². The second-order valence-electron chi connectivity index (χ2n) is 3.82. The second-order valence-corrected chi connectivity index (χ2v) is 3.82. The van der Waals surface area contributed by atoms with Gasteiger partial charge in [-0.25, -0.2) is 9.97 Å². The summed E-state index contributed by atoms with van der Waals surface area (Å²) < 4.78 is 0. The fraction of sp³-hybridized carbons (Fsp3) is 0.667. The molecule has 0 saturated heterocycles. The van der Waals surface area contributed by atoms with E-state index in [0.29, 0.717) is 6.04 Å². The van der Waals surface area contributed by atoms with Gasteiger partial charge in [0.25, 0.3) is 0 Å². The fourth-order valence-corrected chi connectivity index (χ4v) is 1.63. The van der Waals surface area contributed by atoms with Gasteiger partial charge in [0, 0.05) is 12.2 Å². The SMILES string of the molecule is CCCNC(CCC)c1ccnc(C)n1. The molecule has 1 atom stereocenters. The predicted octanol–water partition coefficient (Wildman–Crippen LogP) is 2.63. The molecule has 0 aliphatic rings. The Morgan fingerprint density at radius 3 is 2.73 bits per heavy atom. The maximum atomic E-state index is 4.47. The molecule has 0 radical (unpaired) electrons. The van der Waals surface area contributed by atoms with Gasteiger partial charge in [-0.3, -0.25) is 0 Å². The predicted molar refractivity (Wildman–Crippen MR) is 62.7 cm³/mol. The van der Waals surface area contributed by atoms with Crippen LogP contribution >= 0.6 is 0 Å². The van der Waals surface area contributed by atoms with Crippen molar-refractivity contribution in [2.45, 2.75) is 46.1 Å². The van der Waals surface area contributed by atoms with Crippen LogP contribution in [0.1, 0.15) is 50.7 Å². The van der Waals surface area contributed by atoms with Crippen molar-refractivity contribution in [3.05, 3.63) is 23.8 Å². The Labute approximate surface area is 92.3 Å². The summed E-state index contributed by atoms with van der Waals surface area (Å²) in [5.41, 5.74) is 1.12. The van der Waals surface area contributed by atoms with E-state index in [1.807, 2.05) is 19.2 Å². The van der Waals surface area contributed by atoms with E-state index in [4.69, 9.17) is 0 Å². The summed E-state index contributed by atoms with van der Waals surface area (Å²) in [6.07, 6.45) is 5.30. The average Bonchev–Trinajstić information content (AvgIpc) is 2.24. The minimum atomic E-state index is 0.386. The van der Waals surface area contributed by atoms with Gasteiger partial charge < -0.3 is 5.32 Å². The van der Waals surface area contributed by atoms with Crippen LogP contribution < -0.4 is 5.32 Å². The van der Waals surface area contributed by atoms with Gasteiger partial charge in [0.2, 0.25) is 0 Å². The summed E-state index contributed by atoms with van der Waals surface area (Å²) in [4.78, 5) is 8.60. The van der Waals surface area contributed by atoms with Crippen LogP contribution in [0.25, 0.3) is 0 Å². The summed E-state index contributed by atoms with van der Waals surface area (Å²) >= 11 is 0. The highest BCUT2D eigenvalue weighted by molar-refractivity contribution is 5.07. The van der Waals surface area contributed by atoms with Crippen LogP contribution in [0.15, 0.2) is 12.3 Å². The standard InChI is InChI=1S/C12H21N3/c1-4-6-11(14-8-5-2)12-7-9-13-10(3)15-12/h7,9,11,14H,4-6,8H2,1-3H3. The van der Waals surface area contributed by atoms with Crippen LogP contribution in [0.3, 0.4) is 0 Å². The van der Waals surface area contributed by atoms with Crippen LogP contribution in [-0.2, 0) is 0 Å². The van der Waals surface area contributed by atoms with Crippen molar-refractivity contribution >= 4 is 0 Å². The van der Waals surface area contributed by atoms with E-state index >= 15 is 0 Å². The Balaban J connectivity index is 2.69. The first-order valence-corrected chi connectivity index (χ1v) is 5.80. The molecule has 0 fully saturated rings. The zero-order chi connectivity index (χ0) is 11.1. The lowest BCUT2D eigenvalue weighted by Crippen LogP contribution is -2.23. The quantitative estimate of drug-likeness (QED) is 0.779. The van der Waals surface area contributed by atoms with E-state index in [0.717, 1.165) is 30.9 Å². The molecule has 0 aromatic carbocycles. The summed E-state index contributed by atoms with van der Waals surface area (Å²) in [6, 6.07) is 2.40. The van der Waals surface area contributed by atoms with E-state index in [2.05, 4.69) is 29.1 Å². The van der Waals surface area contributed by atoms with Crippen molar-refractivity contribution < 1.29 is 0 Å². The van der Waals surface area contributed by atoms with Crippen molar-refractivity contribution in [1.29, 1.82) is 0 Å². The molecular formula is C12H21N3. The molecular weight excluding hydrogens is 186 g/mol. The van der Waals surface area contributed by atoms with E-state index in [1.165, 1.54) is 6.42 Å². The van der Waals surface area contributed by atoms with Crippen LogP contribution in [0.2, 0.25) is 0 Å². The number of nitrogens with one attached hydrogen (secondary N) is 1. The van der Waals surface area contributed by atoms with Crippen molar-refractivity contribution in [2.75, 3.05) is 6.54 Å². The molecule has 84 valence electrons. The molecule has 1 rings (SSSR count). The largest absolute Gasteiger partial charge is 0.309 e. The van der Waals surface area contributed by atoms with Gasteiger partial charge in [-0.05, 0) is 32.4 Å². The molecule has 0 aliphatic carbocycles. The van der Waals surface area contributed by atoms with Gasteiger partial charge in [0.15, 0.2) is 0 Å². The zero-order valence-electron chi connectivity index (χ0n) is 9.95. The second kappa shape index (κ2) is 6.51. The Kier molecular flexibility index (Phi) is 5.26. The molecule has 1 heterocycles. The highest BCUT2D eigenvalue weighted by atomic mass is 15.0. The molecule has 0 saturated carbocycles. The maximum absolute atomic E-state index is 4.47. The number of hydrogen-bond donors (Lipinski definition) is 1. The normalized spacial score (nSPS) is 12.7.